The minimum absolute atomic E-state index is 0. The SMILES string of the molecule is CC(C)CN(C)C(=O)CCOC1CNC1.Cl. The number of carbonyl (C=O) groups excluding carboxylic acids is 1. The summed E-state index contributed by atoms with van der Waals surface area (Å²) < 4.78 is 5.49. The summed E-state index contributed by atoms with van der Waals surface area (Å²) in [5.41, 5.74) is 0. The Balaban J connectivity index is 0.00000225. The van der Waals surface area contributed by atoms with Gasteiger partial charge in [0.2, 0.25) is 5.91 Å². The van der Waals surface area contributed by atoms with Crippen molar-refractivity contribution >= 4 is 18.3 Å². The molecule has 0 unspecified atom stereocenters. The van der Waals surface area contributed by atoms with Crippen LogP contribution in [0.15, 0.2) is 0 Å². The van der Waals surface area contributed by atoms with Crippen molar-refractivity contribution in [3.63, 3.8) is 0 Å². The number of rotatable bonds is 6. The molecular formula is C11H23ClN2O2. The van der Waals surface area contributed by atoms with Crippen LogP contribution in [0, 0.1) is 5.92 Å². The van der Waals surface area contributed by atoms with E-state index in [4.69, 9.17) is 4.74 Å². The van der Waals surface area contributed by atoms with Crippen molar-refractivity contribution in [2.75, 3.05) is 33.3 Å². The molecule has 1 heterocycles. The number of amides is 1. The molecule has 0 radical (unpaired) electrons. The van der Waals surface area contributed by atoms with Crippen LogP contribution in [0.3, 0.4) is 0 Å². The van der Waals surface area contributed by atoms with Gasteiger partial charge in [0.25, 0.3) is 0 Å². The van der Waals surface area contributed by atoms with E-state index in [1.807, 2.05) is 7.05 Å². The minimum Gasteiger partial charge on any atom is -0.375 e. The summed E-state index contributed by atoms with van der Waals surface area (Å²) in [5, 5.41) is 3.13. The van der Waals surface area contributed by atoms with E-state index in [2.05, 4.69) is 19.2 Å². The Morgan fingerprint density at radius 1 is 1.50 bits per heavy atom. The molecule has 16 heavy (non-hydrogen) atoms. The van der Waals surface area contributed by atoms with Crippen LogP contribution in [0.5, 0.6) is 0 Å². The third-order valence-electron chi connectivity index (χ3n) is 2.48. The third-order valence-corrected chi connectivity index (χ3v) is 2.48. The number of ether oxygens (including phenoxy) is 1. The first kappa shape index (κ1) is 15.7. The molecule has 1 aliphatic rings. The van der Waals surface area contributed by atoms with Crippen molar-refractivity contribution in [3.05, 3.63) is 0 Å². The Labute approximate surface area is 104 Å². The Kier molecular flexibility index (Phi) is 7.72. The number of hydrogen-bond acceptors (Lipinski definition) is 3. The first-order chi connectivity index (χ1) is 7.09. The average molecular weight is 251 g/mol. The minimum atomic E-state index is 0. The number of carbonyl (C=O) groups is 1. The third kappa shape index (κ3) is 5.68. The molecule has 1 N–H and O–H groups in total. The van der Waals surface area contributed by atoms with E-state index in [1.165, 1.54) is 0 Å². The highest BCUT2D eigenvalue weighted by Gasteiger charge is 2.17. The predicted molar refractivity (Wildman–Crippen MR) is 66.9 cm³/mol. The van der Waals surface area contributed by atoms with Crippen molar-refractivity contribution in [3.8, 4) is 0 Å². The first-order valence-electron chi connectivity index (χ1n) is 5.66. The maximum atomic E-state index is 11.6. The van der Waals surface area contributed by atoms with Crippen molar-refractivity contribution < 1.29 is 9.53 Å². The fourth-order valence-corrected chi connectivity index (χ4v) is 1.53. The number of halogens is 1. The lowest BCUT2D eigenvalue weighted by Crippen LogP contribution is -2.48. The molecule has 0 aromatic heterocycles. The summed E-state index contributed by atoms with van der Waals surface area (Å²) in [6.45, 7) is 7.45. The highest BCUT2D eigenvalue weighted by Crippen LogP contribution is 2.02. The molecule has 0 aromatic carbocycles. The first-order valence-corrected chi connectivity index (χ1v) is 5.66. The molecule has 1 fully saturated rings. The molecule has 0 aliphatic carbocycles. The number of nitrogens with one attached hydrogen (secondary N) is 1. The molecule has 1 rings (SSSR count). The molecule has 5 heteroatoms. The lowest BCUT2D eigenvalue weighted by Gasteiger charge is -2.27. The zero-order chi connectivity index (χ0) is 11.3. The molecule has 1 aliphatic heterocycles. The second-order valence-electron chi connectivity index (χ2n) is 4.57. The summed E-state index contributed by atoms with van der Waals surface area (Å²) in [7, 11) is 1.85. The normalized spacial score (nSPS) is 15.5. The van der Waals surface area contributed by atoms with E-state index < -0.39 is 0 Å². The Morgan fingerprint density at radius 2 is 2.12 bits per heavy atom. The van der Waals surface area contributed by atoms with Gasteiger partial charge in [-0.25, -0.2) is 0 Å². The largest absolute Gasteiger partial charge is 0.375 e. The zero-order valence-electron chi connectivity index (χ0n) is 10.4. The Bertz CT molecular complexity index is 208. The number of nitrogens with zero attached hydrogens (tertiary/aromatic N) is 1. The fourth-order valence-electron chi connectivity index (χ4n) is 1.53. The summed E-state index contributed by atoms with van der Waals surface area (Å²) in [5.74, 6) is 0.701. The molecule has 0 atom stereocenters. The molecule has 1 amide bonds. The van der Waals surface area contributed by atoms with Gasteiger partial charge in [0.05, 0.1) is 19.1 Å². The molecule has 0 bridgehead atoms. The van der Waals surface area contributed by atoms with Crippen molar-refractivity contribution in [2.45, 2.75) is 26.4 Å². The second kappa shape index (κ2) is 7.87. The Morgan fingerprint density at radius 3 is 2.56 bits per heavy atom. The quantitative estimate of drug-likeness (QED) is 0.762. The average Bonchev–Trinajstić information content (AvgIpc) is 2.07. The molecule has 96 valence electrons. The van der Waals surface area contributed by atoms with Crippen LogP contribution in [-0.2, 0) is 9.53 Å². The van der Waals surface area contributed by atoms with Gasteiger partial charge in [0.1, 0.15) is 0 Å². The van der Waals surface area contributed by atoms with E-state index in [0.717, 1.165) is 19.6 Å². The van der Waals surface area contributed by atoms with Crippen LogP contribution >= 0.6 is 12.4 Å². The smallest absolute Gasteiger partial charge is 0.224 e. The molecule has 0 aromatic rings. The van der Waals surface area contributed by atoms with Gasteiger partial charge in [-0.3, -0.25) is 4.79 Å². The van der Waals surface area contributed by atoms with Gasteiger partial charge < -0.3 is 15.0 Å². The molecule has 0 spiro atoms. The van der Waals surface area contributed by atoms with E-state index in [9.17, 15) is 4.79 Å². The highest BCUT2D eigenvalue weighted by molar-refractivity contribution is 5.85. The van der Waals surface area contributed by atoms with Crippen LogP contribution in [0.1, 0.15) is 20.3 Å². The van der Waals surface area contributed by atoms with Crippen molar-refractivity contribution in [1.29, 1.82) is 0 Å². The van der Waals surface area contributed by atoms with Crippen LogP contribution in [0.2, 0.25) is 0 Å². The van der Waals surface area contributed by atoms with Gasteiger partial charge in [0.15, 0.2) is 0 Å². The maximum Gasteiger partial charge on any atom is 0.224 e. The van der Waals surface area contributed by atoms with E-state index in [1.54, 1.807) is 4.90 Å². The fraction of sp³-hybridized carbons (Fsp3) is 0.909. The molecule has 0 saturated carbocycles. The summed E-state index contributed by atoms with van der Waals surface area (Å²) in [6.07, 6.45) is 0.827. The number of hydrogen-bond donors (Lipinski definition) is 1. The van der Waals surface area contributed by atoms with Gasteiger partial charge in [-0.1, -0.05) is 13.8 Å². The summed E-state index contributed by atoms with van der Waals surface area (Å²) in [4.78, 5) is 13.4. The lowest BCUT2D eigenvalue weighted by atomic mass is 10.2. The van der Waals surface area contributed by atoms with Gasteiger partial charge in [-0.05, 0) is 5.92 Å². The van der Waals surface area contributed by atoms with Crippen LogP contribution in [0.4, 0.5) is 0 Å². The van der Waals surface area contributed by atoms with E-state index in [-0.39, 0.29) is 18.3 Å². The lowest BCUT2D eigenvalue weighted by molar-refractivity contribution is -0.132. The molecule has 1 saturated heterocycles. The second-order valence-corrected chi connectivity index (χ2v) is 4.57. The van der Waals surface area contributed by atoms with Crippen molar-refractivity contribution in [2.24, 2.45) is 5.92 Å². The standard InChI is InChI=1S/C11H22N2O2.ClH/c1-9(2)8-13(3)11(14)4-5-15-10-6-12-7-10;/h9-10,12H,4-8H2,1-3H3;1H. The highest BCUT2D eigenvalue weighted by atomic mass is 35.5. The Hall–Kier alpha value is -0.320. The van der Waals surface area contributed by atoms with E-state index in [0.29, 0.717) is 25.0 Å². The van der Waals surface area contributed by atoms with Crippen molar-refractivity contribution in [1.82, 2.24) is 10.2 Å². The molecular weight excluding hydrogens is 228 g/mol. The zero-order valence-corrected chi connectivity index (χ0v) is 11.2. The van der Waals surface area contributed by atoms with Gasteiger partial charge in [-0.2, -0.15) is 0 Å². The summed E-state index contributed by atoms with van der Waals surface area (Å²) in [6, 6.07) is 0. The van der Waals surface area contributed by atoms with Crippen LogP contribution in [0.25, 0.3) is 0 Å². The summed E-state index contributed by atoms with van der Waals surface area (Å²) >= 11 is 0. The molecule has 4 nitrogen and oxygen atoms in total. The monoisotopic (exact) mass is 250 g/mol. The topological polar surface area (TPSA) is 41.6 Å². The van der Waals surface area contributed by atoms with Crippen LogP contribution in [-0.4, -0.2) is 50.2 Å². The van der Waals surface area contributed by atoms with E-state index >= 15 is 0 Å². The predicted octanol–water partition coefficient (Wildman–Crippen LogP) is 0.901. The maximum absolute atomic E-state index is 11.6. The van der Waals surface area contributed by atoms with Gasteiger partial charge in [-0.15, -0.1) is 12.4 Å². The van der Waals surface area contributed by atoms with Gasteiger partial charge in [0, 0.05) is 26.7 Å². The van der Waals surface area contributed by atoms with Gasteiger partial charge >= 0.3 is 0 Å². The van der Waals surface area contributed by atoms with Crippen LogP contribution < -0.4 is 5.32 Å².